The molecule has 0 radical (unpaired) electrons. The molecule has 0 aliphatic carbocycles. The van der Waals surface area contributed by atoms with Crippen LogP contribution in [0.1, 0.15) is 24.1 Å². The summed E-state index contributed by atoms with van der Waals surface area (Å²) >= 11 is 0. The van der Waals surface area contributed by atoms with Gasteiger partial charge in [-0.25, -0.2) is 18.4 Å². The zero-order valence-electron chi connectivity index (χ0n) is 16.9. The summed E-state index contributed by atoms with van der Waals surface area (Å²) in [4.78, 5) is 10.9. The molecule has 9 heteroatoms. The van der Waals surface area contributed by atoms with Crippen LogP contribution < -0.4 is 4.74 Å². The number of ether oxygens (including phenoxy) is 1. The van der Waals surface area contributed by atoms with Crippen molar-refractivity contribution in [3.8, 4) is 11.8 Å². The molecule has 0 amide bonds. The number of hydrogen-bond acceptors (Lipinski definition) is 7. The van der Waals surface area contributed by atoms with E-state index >= 15 is 0 Å². The minimum atomic E-state index is -3.27. The minimum absolute atomic E-state index is 0.313. The average Bonchev–Trinajstić information content (AvgIpc) is 3.18. The third-order valence-electron chi connectivity index (χ3n) is 5.23. The molecule has 1 atom stereocenters. The second-order valence-electron chi connectivity index (χ2n) is 7.71. The van der Waals surface area contributed by atoms with Gasteiger partial charge in [-0.1, -0.05) is 12.1 Å². The number of hydrogen-bond donors (Lipinski definition) is 1. The molecule has 4 rings (SSSR count). The molecule has 1 aliphatic heterocycles. The lowest BCUT2D eigenvalue weighted by Gasteiger charge is -2.32. The highest BCUT2D eigenvalue weighted by molar-refractivity contribution is 7.90. The minimum Gasteiger partial charge on any atom is -0.424 e. The Kier molecular flexibility index (Phi) is 6.10. The van der Waals surface area contributed by atoms with Crippen LogP contribution in [0, 0.1) is 5.92 Å². The Morgan fingerprint density at radius 1 is 1.23 bits per heavy atom. The number of rotatable bonds is 7. The van der Waals surface area contributed by atoms with Crippen molar-refractivity contribution in [2.75, 3.05) is 19.3 Å². The van der Waals surface area contributed by atoms with Crippen molar-refractivity contribution in [3.05, 3.63) is 60.2 Å². The van der Waals surface area contributed by atoms with Gasteiger partial charge in [0.05, 0.1) is 11.9 Å². The van der Waals surface area contributed by atoms with E-state index in [9.17, 15) is 8.42 Å². The molecule has 0 saturated carbocycles. The van der Waals surface area contributed by atoms with Gasteiger partial charge in [-0.2, -0.15) is 5.10 Å². The van der Waals surface area contributed by atoms with E-state index in [2.05, 4.69) is 31.1 Å². The molecule has 1 saturated heterocycles. The summed E-state index contributed by atoms with van der Waals surface area (Å²) in [5.74, 6) is 1.10. The van der Waals surface area contributed by atoms with E-state index in [1.807, 2.05) is 18.2 Å². The molecule has 0 spiro atoms. The molecular formula is C21H25N5O3S. The van der Waals surface area contributed by atoms with E-state index in [0.29, 0.717) is 34.7 Å². The monoisotopic (exact) mass is 427 g/mol. The Labute approximate surface area is 176 Å². The Balaban J connectivity index is 1.39. The summed E-state index contributed by atoms with van der Waals surface area (Å²) in [5.41, 5.74) is 1.87. The zero-order chi connectivity index (χ0) is 21.0. The van der Waals surface area contributed by atoms with Gasteiger partial charge in [0.15, 0.2) is 9.84 Å². The number of benzene rings is 1. The van der Waals surface area contributed by atoms with Crippen molar-refractivity contribution in [2.45, 2.75) is 30.7 Å². The quantitative estimate of drug-likeness (QED) is 0.619. The molecule has 0 bridgehead atoms. The molecule has 2 aromatic heterocycles. The van der Waals surface area contributed by atoms with Crippen LogP contribution >= 0.6 is 0 Å². The number of sulfone groups is 1. The number of nitrogens with zero attached hydrogens (tertiary/aromatic N) is 4. The van der Waals surface area contributed by atoms with Gasteiger partial charge in [0.25, 0.3) is 0 Å². The summed E-state index contributed by atoms with van der Waals surface area (Å²) in [7, 11) is -3.27. The summed E-state index contributed by atoms with van der Waals surface area (Å²) < 4.78 is 29.6. The van der Waals surface area contributed by atoms with Crippen molar-refractivity contribution in [2.24, 2.45) is 5.92 Å². The maximum atomic E-state index is 11.9. The second kappa shape index (κ2) is 8.93. The molecule has 3 aromatic rings. The predicted molar refractivity (Wildman–Crippen MR) is 112 cm³/mol. The van der Waals surface area contributed by atoms with Crippen LogP contribution in [0.4, 0.5) is 0 Å². The molecule has 3 heterocycles. The third kappa shape index (κ3) is 5.22. The van der Waals surface area contributed by atoms with Crippen LogP contribution in [0.2, 0.25) is 0 Å². The Morgan fingerprint density at radius 3 is 2.87 bits per heavy atom. The van der Waals surface area contributed by atoms with Crippen LogP contribution in [0.3, 0.4) is 0 Å². The van der Waals surface area contributed by atoms with Crippen LogP contribution in [0.15, 0.2) is 53.8 Å². The van der Waals surface area contributed by atoms with Crippen molar-refractivity contribution in [1.82, 2.24) is 25.1 Å². The first-order chi connectivity index (χ1) is 14.5. The molecule has 158 valence electrons. The fraction of sp³-hybridized carbons (Fsp3) is 0.381. The highest BCUT2D eigenvalue weighted by Gasteiger charge is 2.24. The first kappa shape index (κ1) is 20.5. The van der Waals surface area contributed by atoms with E-state index in [1.54, 1.807) is 18.5 Å². The van der Waals surface area contributed by atoms with E-state index < -0.39 is 9.84 Å². The lowest BCUT2D eigenvalue weighted by molar-refractivity contribution is 0.166. The summed E-state index contributed by atoms with van der Waals surface area (Å²) in [6, 6.07) is 10.0. The van der Waals surface area contributed by atoms with Gasteiger partial charge in [0.2, 0.25) is 0 Å². The Bertz CT molecular complexity index is 1080. The van der Waals surface area contributed by atoms with Crippen molar-refractivity contribution < 1.29 is 13.2 Å². The van der Waals surface area contributed by atoms with Crippen LogP contribution in [-0.4, -0.2) is 52.8 Å². The van der Waals surface area contributed by atoms with E-state index in [0.717, 1.165) is 38.0 Å². The SMILES string of the molecule is CS(=O)(=O)c1cn[nH]c1CC1CCCN(Cc2cccc(Oc3ncccn3)c2)C1. The zero-order valence-corrected chi connectivity index (χ0v) is 17.7. The maximum absolute atomic E-state index is 11.9. The van der Waals surface area contributed by atoms with Gasteiger partial charge in [-0.15, -0.1) is 0 Å². The fourth-order valence-corrected chi connectivity index (χ4v) is 4.75. The number of H-pyrrole nitrogens is 1. The molecule has 1 N–H and O–H groups in total. The predicted octanol–water partition coefficient (Wildman–Crippen LogP) is 2.85. The lowest BCUT2D eigenvalue weighted by Crippen LogP contribution is -2.35. The topological polar surface area (TPSA) is 101 Å². The molecule has 30 heavy (non-hydrogen) atoms. The maximum Gasteiger partial charge on any atom is 0.321 e. The van der Waals surface area contributed by atoms with Crippen molar-refractivity contribution >= 4 is 9.84 Å². The number of aromatic nitrogens is 4. The highest BCUT2D eigenvalue weighted by Crippen LogP contribution is 2.25. The molecule has 1 unspecified atom stereocenters. The lowest BCUT2D eigenvalue weighted by atomic mass is 9.93. The number of nitrogens with one attached hydrogen (secondary N) is 1. The fourth-order valence-electron chi connectivity index (χ4n) is 3.93. The van der Waals surface area contributed by atoms with Gasteiger partial charge in [-0.05, 0) is 55.5 Å². The Morgan fingerprint density at radius 2 is 2.07 bits per heavy atom. The molecule has 1 fully saturated rings. The van der Waals surface area contributed by atoms with Crippen LogP contribution in [0.5, 0.6) is 11.8 Å². The summed E-state index contributed by atoms with van der Waals surface area (Å²) in [5, 5.41) is 6.82. The van der Waals surface area contributed by atoms with Gasteiger partial charge < -0.3 is 4.74 Å². The summed E-state index contributed by atoms with van der Waals surface area (Å²) in [6.45, 7) is 2.74. The first-order valence-electron chi connectivity index (χ1n) is 9.96. The Hall–Kier alpha value is -2.78. The molecule has 8 nitrogen and oxygen atoms in total. The van der Waals surface area contributed by atoms with E-state index in [1.165, 1.54) is 12.5 Å². The van der Waals surface area contributed by atoms with Gasteiger partial charge >= 0.3 is 6.01 Å². The largest absolute Gasteiger partial charge is 0.424 e. The molecule has 1 aliphatic rings. The van der Waals surface area contributed by atoms with E-state index in [4.69, 9.17) is 4.74 Å². The van der Waals surface area contributed by atoms with Crippen molar-refractivity contribution in [1.29, 1.82) is 0 Å². The van der Waals surface area contributed by atoms with Crippen LogP contribution in [0.25, 0.3) is 0 Å². The van der Waals surface area contributed by atoms with E-state index in [-0.39, 0.29) is 0 Å². The molecule has 1 aromatic carbocycles. The smallest absolute Gasteiger partial charge is 0.321 e. The van der Waals surface area contributed by atoms with Crippen LogP contribution in [-0.2, 0) is 22.8 Å². The second-order valence-corrected chi connectivity index (χ2v) is 9.70. The van der Waals surface area contributed by atoms with Gasteiger partial charge in [0.1, 0.15) is 10.6 Å². The molecular weight excluding hydrogens is 402 g/mol. The van der Waals surface area contributed by atoms with Gasteiger partial charge in [0, 0.05) is 31.7 Å². The highest BCUT2D eigenvalue weighted by atomic mass is 32.2. The van der Waals surface area contributed by atoms with Gasteiger partial charge in [-0.3, -0.25) is 10.00 Å². The standard InChI is InChI=1S/C21H25N5O3S/c1-30(27,28)20-13-24-25-19(20)12-17-6-3-10-26(15-17)14-16-5-2-7-18(11-16)29-21-22-8-4-9-23-21/h2,4-5,7-9,11,13,17H,3,6,10,12,14-15H2,1H3,(H,24,25). The average molecular weight is 428 g/mol. The summed E-state index contributed by atoms with van der Waals surface area (Å²) in [6.07, 6.45) is 8.78. The third-order valence-corrected chi connectivity index (χ3v) is 6.38. The number of aromatic amines is 1. The number of piperidine rings is 1. The van der Waals surface area contributed by atoms with Crippen molar-refractivity contribution in [3.63, 3.8) is 0 Å². The first-order valence-corrected chi connectivity index (χ1v) is 11.8. The number of likely N-dealkylation sites (tertiary alicyclic amines) is 1. The normalized spacial score (nSPS) is 17.7.